The Bertz CT molecular complexity index is 180. The van der Waals surface area contributed by atoms with Gasteiger partial charge in [0.15, 0.2) is 0 Å². The minimum absolute atomic E-state index is 0.303. The lowest BCUT2D eigenvalue weighted by molar-refractivity contribution is 0.0473. The maximum Gasteiger partial charge on any atom is 0.408 e. The molecule has 0 saturated carbocycles. The number of hydrogen-bond acceptors (Lipinski definition) is 2. The van der Waals surface area contributed by atoms with Crippen LogP contribution in [0.5, 0.6) is 0 Å². The number of carbonyl (C=O) groups excluding carboxylic acids is 1. The second-order valence-corrected chi connectivity index (χ2v) is 4.76. The first-order chi connectivity index (χ1) is 5.66. The average Bonchev–Trinajstić information content (AvgIpc) is 1.81. The van der Waals surface area contributed by atoms with Gasteiger partial charge in [-0.2, -0.15) is 0 Å². The van der Waals surface area contributed by atoms with Crippen molar-refractivity contribution in [3.8, 4) is 0 Å². The molecule has 0 aromatic carbocycles. The van der Waals surface area contributed by atoms with Crippen LogP contribution in [0.25, 0.3) is 0 Å². The summed E-state index contributed by atoms with van der Waals surface area (Å²) in [6, 6.07) is 0. The van der Waals surface area contributed by atoms with E-state index in [2.05, 4.69) is 12.2 Å². The Hall–Kier alpha value is -0.730. The molecule has 0 unspecified atom stereocenters. The monoisotopic (exact) mass is 186 g/mol. The van der Waals surface area contributed by atoms with E-state index in [0.717, 1.165) is 0 Å². The van der Waals surface area contributed by atoms with Gasteiger partial charge in [-0.05, 0) is 41.0 Å². The Balaban J connectivity index is 4.03. The van der Waals surface area contributed by atoms with E-state index in [-0.39, 0.29) is 11.6 Å². The molecule has 0 heterocycles. The normalized spacial score (nSPS) is 12.5. The molecule has 0 atom stereocenters. The van der Waals surface area contributed by atoms with Gasteiger partial charge in [0.1, 0.15) is 5.60 Å². The van der Waals surface area contributed by atoms with Gasteiger partial charge in [-0.1, -0.05) is 6.92 Å². The third-order valence-electron chi connectivity index (χ3n) is 1.46. The second-order valence-electron chi connectivity index (χ2n) is 4.76. The van der Waals surface area contributed by atoms with E-state index in [4.69, 9.17) is 4.74 Å². The second kappa shape index (κ2) is 3.99. The molecule has 3 heteroatoms. The lowest BCUT2D eigenvalue weighted by atomic mass is 10.0. The molecule has 3 nitrogen and oxygen atoms in total. The summed E-state index contributed by atoms with van der Waals surface area (Å²) in [7, 11) is 0. The SMILES string of the molecule is [CH2]CC(C)(C)NC(=O)OC(C)(C)C. The number of carbonyl (C=O) groups is 1. The van der Waals surface area contributed by atoms with Crippen molar-refractivity contribution in [1.82, 2.24) is 5.32 Å². The van der Waals surface area contributed by atoms with Crippen LogP contribution in [0.4, 0.5) is 4.79 Å². The van der Waals surface area contributed by atoms with E-state index < -0.39 is 5.60 Å². The topological polar surface area (TPSA) is 38.3 Å². The van der Waals surface area contributed by atoms with E-state index in [9.17, 15) is 4.79 Å². The summed E-state index contributed by atoms with van der Waals surface area (Å²) in [5, 5.41) is 2.74. The van der Waals surface area contributed by atoms with Gasteiger partial charge >= 0.3 is 6.09 Å². The van der Waals surface area contributed by atoms with Crippen molar-refractivity contribution in [3.05, 3.63) is 6.92 Å². The predicted molar refractivity (Wildman–Crippen MR) is 53.4 cm³/mol. The van der Waals surface area contributed by atoms with Crippen LogP contribution < -0.4 is 5.32 Å². The van der Waals surface area contributed by atoms with Gasteiger partial charge in [0.2, 0.25) is 0 Å². The van der Waals surface area contributed by atoms with Gasteiger partial charge in [-0.3, -0.25) is 0 Å². The van der Waals surface area contributed by atoms with Crippen LogP contribution in [0, 0.1) is 6.92 Å². The van der Waals surface area contributed by atoms with Crippen LogP contribution >= 0.6 is 0 Å². The maximum atomic E-state index is 11.3. The molecule has 0 bridgehead atoms. The third-order valence-corrected chi connectivity index (χ3v) is 1.46. The Morgan fingerprint density at radius 2 is 1.77 bits per heavy atom. The van der Waals surface area contributed by atoms with Gasteiger partial charge in [0.25, 0.3) is 0 Å². The molecule has 0 aliphatic rings. The summed E-state index contributed by atoms with van der Waals surface area (Å²) in [6.07, 6.45) is 0.243. The molecule has 0 spiro atoms. The quantitative estimate of drug-likeness (QED) is 0.719. The van der Waals surface area contributed by atoms with Gasteiger partial charge < -0.3 is 10.1 Å². The Morgan fingerprint density at radius 3 is 2.08 bits per heavy atom. The molecule has 0 rings (SSSR count). The number of nitrogens with one attached hydrogen (secondary N) is 1. The van der Waals surface area contributed by atoms with E-state index in [1.165, 1.54) is 0 Å². The van der Waals surface area contributed by atoms with E-state index in [1.807, 2.05) is 34.6 Å². The van der Waals surface area contributed by atoms with E-state index in [1.54, 1.807) is 0 Å². The standard InChI is InChI=1S/C10H20NO2/c1-7-10(5,6)11-8(12)13-9(2,3)4/h1,7H2,2-6H3,(H,11,12). The predicted octanol–water partition coefficient (Wildman–Crippen LogP) is 2.51. The summed E-state index contributed by atoms with van der Waals surface area (Å²) in [5.41, 5.74) is -0.746. The first-order valence-corrected chi connectivity index (χ1v) is 4.47. The molecule has 0 aromatic heterocycles. The highest BCUT2D eigenvalue weighted by molar-refractivity contribution is 5.68. The highest BCUT2D eigenvalue weighted by Gasteiger charge is 2.22. The molecule has 0 aromatic rings. The van der Waals surface area contributed by atoms with Crippen LogP contribution in [-0.2, 0) is 4.74 Å². The van der Waals surface area contributed by atoms with Crippen molar-refractivity contribution in [2.45, 2.75) is 52.2 Å². The third kappa shape index (κ3) is 6.43. The highest BCUT2D eigenvalue weighted by Crippen LogP contribution is 2.10. The minimum Gasteiger partial charge on any atom is -0.444 e. The fourth-order valence-electron chi connectivity index (χ4n) is 0.642. The number of hydrogen-bond donors (Lipinski definition) is 1. The summed E-state index contributed by atoms with van der Waals surface area (Å²) in [5.74, 6) is 0. The first kappa shape index (κ1) is 12.3. The fourth-order valence-corrected chi connectivity index (χ4v) is 0.642. The van der Waals surface area contributed by atoms with Crippen LogP contribution in [-0.4, -0.2) is 17.2 Å². The van der Waals surface area contributed by atoms with Crippen molar-refractivity contribution >= 4 is 6.09 Å². The van der Waals surface area contributed by atoms with Crippen LogP contribution in [0.3, 0.4) is 0 Å². The molecule has 13 heavy (non-hydrogen) atoms. The molecule has 1 radical (unpaired) electrons. The molecule has 1 N–H and O–H groups in total. The zero-order valence-electron chi connectivity index (χ0n) is 9.23. The maximum absolute atomic E-state index is 11.3. The summed E-state index contributed by atoms with van der Waals surface area (Å²) in [4.78, 5) is 11.3. The molecule has 0 saturated heterocycles. The van der Waals surface area contributed by atoms with Crippen molar-refractivity contribution in [3.63, 3.8) is 0 Å². The Labute approximate surface area is 80.8 Å². The number of rotatable bonds is 2. The molecule has 0 aliphatic heterocycles. The van der Waals surface area contributed by atoms with Gasteiger partial charge in [-0.25, -0.2) is 4.79 Å². The van der Waals surface area contributed by atoms with Crippen LogP contribution in [0.15, 0.2) is 0 Å². The Morgan fingerprint density at radius 1 is 1.31 bits per heavy atom. The molecular formula is C10H20NO2. The minimum atomic E-state index is -0.443. The first-order valence-electron chi connectivity index (χ1n) is 4.47. The van der Waals surface area contributed by atoms with Gasteiger partial charge in [0.05, 0.1) is 0 Å². The van der Waals surface area contributed by atoms with Gasteiger partial charge in [-0.15, -0.1) is 0 Å². The Kier molecular flexibility index (Phi) is 3.76. The lowest BCUT2D eigenvalue weighted by Gasteiger charge is -2.27. The van der Waals surface area contributed by atoms with Crippen molar-refractivity contribution in [2.24, 2.45) is 0 Å². The molecule has 0 fully saturated rings. The van der Waals surface area contributed by atoms with E-state index >= 15 is 0 Å². The zero-order chi connectivity index (χ0) is 10.7. The van der Waals surface area contributed by atoms with Gasteiger partial charge in [0, 0.05) is 5.54 Å². The molecule has 1 amide bonds. The lowest BCUT2D eigenvalue weighted by Crippen LogP contribution is -2.45. The van der Waals surface area contributed by atoms with Crippen LogP contribution in [0.2, 0.25) is 0 Å². The van der Waals surface area contributed by atoms with Crippen molar-refractivity contribution in [1.29, 1.82) is 0 Å². The molecular weight excluding hydrogens is 166 g/mol. The smallest absolute Gasteiger partial charge is 0.408 e. The number of amides is 1. The summed E-state index contributed by atoms with van der Waals surface area (Å²) >= 11 is 0. The molecule has 77 valence electrons. The number of ether oxygens (including phenoxy) is 1. The number of alkyl carbamates (subject to hydrolysis) is 1. The summed E-state index contributed by atoms with van der Waals surface area (Å²) in [6.45, 7) is 13.1. The fraction of sp³-hybridized carbons (Fsp3) is 0.800. The largest absolute Gasteiger partial charge is 0.444 e. The zero-order valence-corrected chi connectivity index (χ0v) is 9.23. The highest BCUT2D eigenvalue weighted by atomic mass is 16.6. The summed E-state index contributed by atoms with van der Waals surface area (Å²) < 4.78 is 5.10. The average molecular weight is 186 g/mol. The van der Waals surface area contributed by atoms with E-state index in [0.29, 0.717) is 6.42 Å². The van der Waals surface area contributed by atoms with Crippen molar-refractivity contribution in [2.75, 3.05) is 0 Å². The van der Waals surface area contributed by atoms with Crippen LogP contribution in [0.1, 0.15) is 41.0 Å². The van der Waals surface area contributed by atoms with Crippen molar-refractivity contribution < 1.29 is 9.53 Å². The molecule has 0 aliphatic carbocycles.